The van der Waals surface area contributed by atoms with Gasteiger partial charge in [0.05, 0.1) is 0 Å². The molecular weight excluding hydrogens is 266 g/mol. The van der Waals surface area contributed by atoms with E-state index in [1.807, 2.05) is 35.7 Å². The van der Waals surface area contributed by atoms with Crippen molar-refractivity contribution in [2.45, 2.75) is 37.0 Å². The molecule has 2 rings (SSSR count). The lowest BCUT2D eigenvalue weighted by atomic mass is 9.97. The molecule has 1 aromatic carbocycles. The van der Waals surface area contributed by atoms with Crippen LogP contribution in [0.3, 0.4) is 0 Å². The van der Waals surface area contributed by atoms with E-state index in [4.69, 9.17) is 0 Å². The molecule has 1 aliphatic carbocycles. The van der Waals surface area contributed by atoms with E-state index in [0.29, 0.717) is 0 Å². The lowest BCUT2D eigenvalue weighted by Gasteiger charge is -2.12. The summed E-state index contributed by atoms with van der Waals surface area (Å²) in [6.07, 6.45) is 9.95. The molecule has 0 aromatic heterocycles. The molecule has 1 aliphatic rings. The maximum atomic E-state index is 11.6. The van der Waals surface area contributed by atoms with Gasteiger partial charge in [-0.25, -0.2) is 0 Å². The molecule has 0 bridgehead atoms. The van der Waals surface area contributed by atoms with E-state index in [9.17, 15) is 4.79 Å². The van der Waals surface area contributed by atoms with Gasteiger partial charge in [-0.3, -0.25) is 4.79 Å². The van der Waals surface area contributed by atoms with Crippen molar-refractivity contribution in [1.82, 2.24) is 5.32 Å². The van der Waals surface area contributed by atoms with E-state index in [1.54, 1.807) is 17.8 Å². The van der Waals surface area contributed by atoms with Crippen LogP contribution in [-0.4, -0.2) is 12.5 Å². The third-order valence-electron chi connectivity index (χ3n) is 3.30. The molecular formula is C17H21NOS. The highest BCUT2D eigenvalue weighted by Gasteiger charge is 2.03. The quantitative estimate of drug-likeness (QED) is 0.480. The highest BCUT2D eigenvalue weighted by Crippen LogP contribution is 2.19. The molecule has 1 aromatic rings. The second-order valence-electron chi connectivity index (χ2n) is 4.88. The van der Waals surface area contributed by atoms with Crippen molar-refractivity contribution in [2.24, 2.45) is 0 Å². The molecule has 20 heavy (non-hydrogen) atoms. The molecule has 0 atom stereocenters. The third kappa shape index (κ3) is 5.66. The minimum atomic E-state index is -0.00941. The molecule has 0 aliphatic heterocycles. The summed E-state index contributed by atoms with van der Waals surface area (Å²) in [7, 11) is 0. The summed E-state index contributed by atoms with van der Waals surface area (Å²) in [5.41, 5.74) is 1.50. The Bertz CT molecular complexity index is 479. The SMILES string of the molecule is O=C(C=CSc1ccccc1)NCCC1=CCCCC1. The van der Waals surface area contributed by atoms with Crippen molar-refractivity contribution in [1.29, 1.82) is 0 Å². The van der Waals surface area contributed by atoms with Crippen LogP contribution < -0.4 is 5.32 Å². The van der Waals surface area contributed by atoms with E-state index < -0.39 is 0 Å². The first-order valence-electron chi connectivity index (χ1n) is 7.18. The zero-order chi connectivity index (χ0) is 14.0. The summed E-state index contributed by atoms with van der Waals surface area (Å²) >= 11 is 1.56. The fourth-order valence-electron chi connectivity index (χ4n) is 2.21. The Morgan fingerprint density at radius 1 is 1.25 bits per heavy atom. The van der Waals surface area contributed by atoms with Gasteiger partial charge in [0.25, 0.3) is 0 Å². The van der Waals surface area contributed by atoms with Crippen LogP contribution in [0.25, 0.3) is 0 Å². The molecule has 0 fully saturated rings. The van der Waals surface area contributed by atoms with Crippen molar-refractivity contribution in [2.75, 3.05) is 6.54 Å². The van der Waals surface area contributed by atoms with Gasteiger partial charge in [-0.2, -0.15) is 0 Å². The first-order chi connectivity index (χ1) is 9.84. The van der Waals surface area contributed by atoms with Gasteiger partial charge in [0.2, 0.25) is 5.91 Å². The van der Waals surface area contributed by atoms with Gasteiger partial charge in [0.15, 0.2) is 0 Å². The average Bonchev–Trinajstić information content (AvgIpc) is 2.49. The summed E-state index contributed by atoms with van der Waals surface area (Å²) in [5, 5.41) is 4.77. The monoisotopic (exact) mass is 287 g/mol. The maximum Gasteiger partial charge on any atom is 0.244 e. The summed E-state index contributed by atoms with van der Waals surface area (Å²) in [6, 6.07) is 10.0. The van der Waals surface area contributed by atoms with Crippen molar-refractivity contribution in [3.8, 4) is 0 Å². The summed E-state index contributed by atoms with van der Waals surface area (Å²) < 4.78 is 0. The van der Waals surface area contributed by atoms with Gasteiger partial charge < -0.3 is 5.32 Å². The Morgan fingerprint density at radius 3 is 2.85 bits per heavy atom. The normalized spacial score (nSPS) is 15.1. The maximum absolute atomic E-state index is 11.6. The highest BCUT2D eigenvalue weighted by atomic mass is 32.2. The van der Waals surface area contributed by atoms with Gasteiger partial charge in [0, 0.05) is 17.5 Å². The van der Waals surface area contributed by atoms with Crippen LogP contribution in [-0.2, 0) is 4.79 Å². The van der Waals surface area contributed by atoms with E-state index in [-0.39, 0.29) is 5.91 Å². The van der Waals surface area contributed by atoms with E-state index >= 15 is 0 Å². The number of thioether (sulfide) groups is 1. The van der Waals surface area contributed by atoms with Crippen LogP contribution in [0.1, 0.15) is 32.1 Å². The Morgan fingerprint density at radius 2 is 2.10 bits per heavy atom. The first kappa shape index (κ1) is 14.9. The van der Waals surface area contributed by atoms with Crippen LogP contribution >= 0.6 is 11.8 Å². The molecule has 3 heteroatoms. The lowest BCUT2D eigenvalue weighted by Crippen LogP contribution is -2.22. The number of carbonyl (C=O) groups is 1. The third-order valence-corrected chi connectivity index (χ3v) is 4.11. The van der Waals surface area contributed by atoms with Crippen molar-refractivity contribution < 1.29 is 4.79 Å². The van der Waals surface area contributed by atoms with Gasteiger partial charge in [-0.15, -0.1) is 0 Å². The number of hydrogen-bond acceptors (Lipinski definition) is 2. The number of benzene rings is 1. The fraction of sp³-hybridized carbons (Fsp3) is 0.353. The second-order valence-corrected chi connectivity index (χ2v) is 5.86. The predicted molar refractivity (Wildman–Crippen MR) is 85.6 cm³/mol. The molecule has 2 nitrogen and oxygen atoms in total. The number of nitrogens with one attached hydrogen (secondary N) is 1. The number of carbonyl (C=O) groups excluding carboxylic acids is 1. The van der Waals surface area contributed by atoms with Gasteiger partial charge in [-0.1, -0.05) is 41.6 Å². The lowest BCUT2D eigenvalue weighted by molar-refractivity contribution is -0.116. The summed E-state index contributed by atoms with van der Waals surface area (Å²) in [5.74, 6) is -0.00941. The highest BCUT2D eigenvalue weighted by molar-refractivity contribution is 8.02. The molecule has 0 saturated heterocycles. The minimum absolute atomic E-state index is 0.00941. The van der Waals surface area contributed by atoms with Crippen LogP contribution in [0.15, 0.2) is 58.4 Å². The predicted octanol–water partition coefficient (Wildman–Crippen LogP) is 4.30. The Kier molecular flexibility index (Phi) is 6.45. The van der Waals surface area contributed by atoms with E-state index in [0.717, 1.165) is 17.9 Å². The average molecular weight is 287 g/mol. The van der Waals surface area contributed by atoms with E-state index in [1.165, 1.54) is 31.3 Å². The van der Waals surface area contributed by atoms with Crippen molar-refractivity contribution in [3.63, 3.8) is 0 Å². The molecule has 1 amide bonds. The Labute approximate surface area is 125 Å². The first-order valence-corrected chi connectivity index (χ1v) is 8.06. The molecule has 0 unspecified atom stereocenters. The number of amides is 1. The number of rotatable bonds is 6. The number of allylic oxidation sites excluding steroid dienone is 1. The smallest absolute Gasteiger partial charge is 0.244 e. The Hall–Kier alpha value is -1.48. The second kappa shape index (κ2) is 8.64. The largest absolute Gasteiger partial charge is 0.352 e. The van der Waals surface area contributed by atoms with Crippen LogP contribution in [0.2, 0.25) is 0 Å². The van der Waals surface area contributed by atoms with Gasteiger partial charge in [-0.05, 0) is 49.6 Å². The minimum Gasteiger partial charge on any atom is -0.352 e. The number of hydrogen-bond donors (Lipinski definition) is 1. The molecule has 106 valence electrons. The molecule has 0 heterocycles. The van der Waals surface area contributed by atoms with Gasteiger partial charge in [0.1, 0.15) is 0 Å². The molecule has 1 N–H and O–H groups in total. The molecule has 0 saturated carbocycles. The van der Waals surface area contributed by atoms with Crippen LogP contribution in [0.4, 0.5) is 0 Å². The topological polar surface area (TPSA) is 29.1 Å². The molecule has 0 radical (unpaired) electrons. The zero-order valence-electron chi connectivity index (χ0n) is 11.7. The standard InChI is InChI=1S/C17H21NOS/c19-17(12-14-20-16-9-5-2-6-10-16)18-13-11-15-7-3-1-4-8-15/h2,5-7,9-10,12,14H,1,3-4,8,11,13H2,(H,18,19). The van der Waals surface area contributed by atoms with Crippen LogP contribution in [0.5, 0.6) is 0 Å². The van der Waals surface area contributed by atoms with Crippen molar-refractivity contribution in [3.05, 3.63) is 53.5 Å². The van der Waals surface area contributed by atoms with Gasteiger partial charge >= 0.3 is 0 Å². The summed E-state index contributed by atoms with van der Waals surface area (Å²) in [6.45, 7) is 0.741. The fourth-order valence-corrected chi connectivity index (χ4v) is 2.87. The zero-order valence-corrected chi connectivity index (χ0v) is 12.5. The Balaban J connectivity index is 1.63. The van der Waals surface area contributed by atoms with Crippen molar-refractivity contribution >= 4 is 17.7 Å². The molecule has 0 spiro atoms. The van der Waals surface area contributed by atoms with E-state index in [2.05, 4.69) is 11.4 Å². The summed E-state index contributed by atoms with van der Waals surface area (Å²) in [4.78, 5) is 12.8. The van der Waals surface area contributed by atoms with Crippen LogP contribution in [0, 0.1) is 0 Å².